The Morgan fingerprint density at radius 2 is 1.96 bits per heavy atom. The molecule has 1 heterocycles. The molecule has 4 rings (SSSR count). The highest BCUT2D eigenvalue weighted by molar-refractivity contribution is 7.17. The van der Waals surface area contributed by atoms with Crippen molar-refractivity contribution in [1.82, 2.24) is 5.32 Å². The van der Waals surface area contributed by atoms with E-state index in [1.165, 1.54) is 5.56 Å². The van der Waals surface area contributed by atoms with Crippen LogP contribution >= 0.6 is 11.3 Å². The van der Waals surface area contributed by atoms with Crippen LogP contribution in [0.15, 0.2) is 47.8 Å². The highest BCUT2D eigenvalue weighted by Gasteiger charge is 2.22. The molecular weight excluding hydrogens is 332 g/mol. The second-order valence-electron chi connectivity index (χ2n) is 6.41. The number of fused-ring (bicyclic) bond motifs is 2. The Hall–Kier alpha value is -2.66. The predicted octanol–water partition coefficient (Wildman–Crippen LogP) is 3.29. The Kier molecular flexibility index (Phi) is 4.01. The van der Waals surface area contributed by atoms with Gasteiger partial charge in [-0.3, -0.25) is 9.59 Å². The van der Waals surface area contributed by atoms with Gasteiger partial charge in [-0.2, -0.15) is 0 Å². The number of rotatable bonds is 3. The highest BCUT2D eigenvalue weighted by Crippen LogP contribution is 2.27. The van der Waals surface area contributed by atoms with Crippen LogP contribution in [0.1, 0.15) is 38.3 Å². The molecule has 0 fully saturated rings. The fourth-order valence-electron chi connectivity index (χ4n) is 3.45. The SMILES string of the molecule is NC(=O)c1ccc2c(c1)CCC(NC(=O)c1csc3ccccc13)C2. The summed E-state index contributed by atoms with van der Waals surface area (Å²) in [6.07, 6.45) is 2.48. The van der Waals surface area contributed by atoms with E-state index in [9.17, 15) is 9.59 Å². The number of amides is 2. The largest absolute Gasteiger partial charge is 0.366 e. The predicted molar refractivity (Wildman–Crippen MR) is 100 cm³/mol. The standard InChI is InChI=1S/C20H18N2O2S/c21-19(23)14-6-5-13-10-15(8-7-12(13)9-14)22-20(24)17-11-25-18-4-2-1-3-16(17)18/h1-6,9,11,15H,7-8,10H2,(H2,21,23)(H,22,24). The Morgan fingerprint density at radius 3 is 2.80 bits per heavy atom. The first-order valence-corrected chi connectivity index (χ1v) is 9.18. The molecule has 5 heteroatoms. The third-order valence-electron chi connectivity index (χ3n) is 4.78. The van der Waals surface area contributed by atoms with Crippen LogP contribution in [0.4, 0.5) is 0 Å². The quantitative estimate of drug-likeness (QED) is 0.761. The van der Waals surface area contributed by atoms with E-state index in [0.29, 0.717) is 5.56 Å². The van der Waals surface area contributed by atoms with Gasteiger partial charge in [-0.05, 0) is 48.6 Å². The molecule has 1 unspecified atom stereocenters. The summed E-state index contributed by atoms with van der Waals surface area (Å²) in [5.41, 5.74) is 8.97. The monoisotopic (exact) mass is 350 g/mol. The number of carbonyl (C=O) groups is 2. The zero-order valence-electron chi connectivity index (χ0n) is 13.6. The first-order valence-electron chi connectivity index (χ1n) is 8.30. The molecule has 25 heavy (non-hydrogen) atoms. The maximum atomic E-state index is 12.7. The summed E-state index contributed by atoms with van der Waals surface area (Å²) in [5, 5.41) is 6.10. The van der Waals surface area contributed by atoms with Crippen LogP contribution < -0.4 is 11.1 Å². The molecule has 4 nitrogen and oxygen atoms in total. The number of primary amides is 1. The number of benzene rings is 2. The van der Waals surface area contributed by atoms with Gasteiger partial charge < -0.3 is 11.1 Å². The number of aryl methyl sites for hydroxylation is 1. The first-order chi connectivity index (χ1) is 12.1. The van der Waals surface area contributed by atoms with Crippen LogP contribution in [-0.4, -0.2) is 17.9 Å². The van der Waals surface area contributed by atoms with E-state index >= 15 is 0 Å². The van der Waals surface area contributed by atoms with Gasteiger partial charge in [0.25, 0.3) is 5.91 Å². The zero-order chi connectivity index (χ0) is 17.4. The van der Waals surface area contributed by atoms with Crippen LogP contribution in [0.25, 0.3) is 10.1 Å². The lowest BCUT2D eigenvalue weighted by Crippen LogP contribution is -2.38. The van der Waals surface area contributed by atoms with Crippen molar-refractivity contribution < 1.29 is 9.59 Å². The van der Waals surface area contributed by atoms with Gasteiger partial charge in [-0.25, -0.2) is 0 Å². The fraction of sp³-hybridized carbons (Fsp3) is 0.200. The third-order valence-corrected chi connectivity index (χ3v) is 5.74. The molecule has 0 aliphatic heterocycles. The van der Waals surface area contributed by atoms with E-state index in [0.717, 1.165) is 40.5 Å². The molecular formula is C20H18N2O2S. The molecule has 0 saturated carbocycles. The number of hydrogen-bond donors (Lipinski definition) is 2. The van der Waals surface area contributed by atoms with Gasteiger partial charge in [0.2, 0.25) is 5.91 Å². The molecule has 0 radical (unpaired) electrons. The van der Waals surface area contributed by atoms with Crippen molar-refractivity contribution in [3.8, 4) is 0 Å². The second kappa shape index (κ2) is 6.33. The molecule has 0 bridgehead atoms. The van der Waals surface area contributed by atoms with Gasteiger partial charge >= 0.3 is 0 Å². The van der Waals surface area contributed by atoms with Crippen LogP contribution in [0.3, 0.4) is 0 Å². The smallest absolute Gasteiger partial charge is 0.252 e. The molecule has 0 saturated heterocycles. The van der Waals surface area contributed by atoms with Gasteiger partial charge in [0.05, 0.1) is 5.56 Å². The van der Waals surface area contributed by atoms with E-state index < -0.39 is 5.91 Å². The maximum absolute atomic E-state index is 12.7. The molecule has 1 aliphatic rings. The second-order valence-corrected chi connectivity index (χ2v) is 7.32. The lowest BCUT2D eigenvalue weighted by atomic mass is 9.87. The van der Waals surface area contributed by atoms with Crippen molar-refractivity contribution in [3.05, 3.63) is 70.1 Å². The summed E-state index contributed by atoms with van der Waals surface area (Å²) in [6, 6.07) is 13.7. The summed E-state index contributed by atoms with van der Waals surface area (Å²) in [5.74, 6) is -0.415. The molecule has 2 aromatic carbocycles. The normalized spacial score (nSPS) is 16.4. The van der Waals surface area contributed by atoms with Gasteiger partial charge in [0, 0.05) is 27.1 Å². The van der Waals surface area contributed by atoms with Crippen LogP contribution in [0.2, 0.25) is 0 Å². The number of thiophene rings is 1. The summed E-state index contributed by atoms with van der Waals surface area (Å²) in [6.45, 7) is 0. The summed E-state index contributed by atoms with van der Waals surface area (Å²) in [4.78, 5) is 24.0. The van der Waals surface area contributed by atoms with E-state index in [-0.39, 0.29) is 11.9 Å². The minimum absolute atomic E-state index is 0.0142. The van der Waals surface area contributed by atoms with Crippen molar-refractivity contribution in [2.45, 2.75) is 25.3 Å². The zero-order valence-corrected chi connectivity index (χ0v) is 14.4. The Balaban J connectivity index is 1.51. The average molecular weight is 350 g/mol. The fourth-order valence-corrected chi connectivity index (χ4v) is 4.39. The Morgan fingerprint density at radius 1 is 1.12 bits per heavy atom. The van der Waals surface area contributed by atoms with Crippen LogP contribution in [-0.2, 0) is 12.8 Å². The Bertz CT molecular complexity index is 977. The van der Waals surface area contributed by atoms with Gasteiger partial charge in [-0.1, -0.05) is 24.3 Å². The Labute approximate surface area is 149 Å². The van der Waals surface area contributed by atoms with Gasteiger partial charge in [-0.15, -0.1) is 11.3 Å². The van der Waals surface area contributed by atoms with E-state index in [1.807, 2.05) is 41.8 Å². The number of nitrogens with two attached hydrogens (primary N) is 1. The van der Waals surface area contributed by atoms with E-state index in [1.54, 1.807) is 17.4 Å². The number of carbonyl (C=O) groups excluding carboxylic acids is 2. The van der Waals surface area contributed by atoms with Crippen LogP contribution in [0.5, 0.6) is 0 Å². The molecule has 1 atom stereocenters. The van der Waals surface area contributed by atoms with Crippen molar-refractivity contribution in [1.29, 1.82) is 0 Å². The first kappa shape index (κ1) is 15.8. The topological polar surface area (TPSA) is 72.2 Å². The minimum atomic E-state index is -0.400. The number of nitrogens with one attached hydrogen (secondary N) is 1. The molecule has 3 aromatic rings. The van der Waals surface area contributed by atoms with Crippen molar-refractivity contribution in [2.24, 2.45) is 5.73 Å². The molecule has 1 aliphatic carbocycles. The summed E-state index contributed by atoms with van der Waals surface area (Å²) < 4.78 is 1.13. The molecule has 2 amide bonds. The molecule has 0 spiro atoms. The maximum Gasteiger partial charge on any atom is 0.252 e. The minimum Gasteiger partial charge on any atom is -0.366 e. The van der Waals surface area contributed by atoms with Crippen LogP contribution in [0, 0.1) is 0 Å². The summed E-state index contributed by atoms with van der Waals surface area (Å²) >= 11 is 1.59. The highest BCUT2D eigenvalue weighted by atomic mass is 32.1. The lowest BCUT2D eigenvalue weighted by molar-refractivity contribution is 0.0935. The lowest BCUT2D eigenvalue weighted by Gasteiger charge is -2.25. The van der Waals surface area contributed by atoms with E-state index in [2.05, 4.69) is 5.32 Å². The van der Waals surface area contributed by atoms with Crippen molar-refractivity contribution in [2.75, 3.05) is 0 Å². The molecule has 126 valence electrons. The molecule has 1 aromatic heterocycles. The van der Waals surface area contributed by atoms with Crippen molar-refractivity contribution in [3.63, 3.8) is 0 Å². The van der Waals surface area contributed by atoms with E-state index in [4.69, 9.17) is 5.73 Å². The third kappa shape index (κ3) is 3.03. The average Bonchev–Trinajstić information content (AvgIpc) is 3.05. The van der Waals surface area contributed by atoms with Crippen molar-refractivity contribution >= 4 is 33.2 Å². The van der Waals surface area contributed by atoms with Gasteiger partial charge in [0.15, 0.2) is 0 Å². The number of hydrogen-bond acceptors (Lipinski definition) is 3. The molecule has 3 N–H and O–H groups in total. The van der Waals surface area contributed by atoms with Gasteiger partial charge in [0.1, 0.15) is 0 Å². The summed E-state index contributed by atoms with van der Waals surface area (Å²) in [7, 11) is 0.